The standard InChI is InChI=1S/C22H22N4O4/c1-12-13(2)25-20(24-12)15-8-10-16(11-9-15)22(29)30-14(3)21(28)26-18-7-5-4-6-17(18)19(23)27/h4-11,14H,1-3H3,(H2,23,27)(H,24,25)(H,26,28). The van der Waals surface area contributed by atoms with Crippen LogP contribution in [0.2, 0.25) is 0 Å². The molecule has 0 aliphatic heterocycles. The molecule has 0 aliphatic carbocycles. The van der Waals surface area contributed by atoms with E-state index in [0.29, 0.717) is 11.4 Å². The molecule has 0 saturated heterocycles. The Balaban J connectivity index is 1.65. The van der Waals surface area contributed by atoms with Crippen LogP contribution in [0.25, 0.3) is 11.4 Å². The smallest absolute Gasteiger partial charge is 0.338 e. The van der Waals surface area contributed by atoms with Crippen LogP contribution < -0.4 is 11.1 Å². The van der Waals surface area contributed by atoms with E-state index in [1.54, 1.807) is 42.5 Å². The third kappa shape index (κ3) is 4.54. The summed E-state index contributed by atoms with van der Waals surface area (Å²) in [6, 6.07) is 13.1. The van der Waals surface area contributed by atoms with Crippen molar-refractivity contribution in [1.82, 2.24) is 9.97 Å². The van der Waals surface area contributed by atoms with Gasteiger partial charge in [-0.1, -0.05) is 24.3 Å². The van der Waals surface area contributed by atoms with E-state index in [0.717, 1.165) is 17.0 Å². The first-order chi connectivity index (χ1) is 14.3. The number of imidazole rings is 1. The molecule has 0 saturated carbocycles. The van der Waals surface area contributed by atoms with E-state index in [4.69, 9.17) is 10.5 Å². The van der Waals surface area contributed by atoms with Gasteiger partial charge < -0.3 is 20.8 Å². The molecular weight excluding hydrogens is 384 g/mol. The third-order valence-corrected chi connectivity index (χ3v) is 4.63. The van der Waals surface area contributed by atoms with Crippen LogP contribution in [0.15, 0.2) is 48.5 Å². The number of ether oxygens (including phenoxy) is 1. The fourth-order valence-corrected chi connectivity index (χ4v) is 2.77. The van der Waals surface area contributed by atoms with Gasteiger partial charge in [0.2, 0.25) is 0 Å². The number of anilines is 1. The van der Waals surface area contributed by atoms with Crippen LogP contribution in [-0.4, -0.2) is 33.9 Å². The van der Waals surface area contributed by atoms with E-state index < -0.39 is 23.9 Å². The molecule has 1 atom stereocenters. The molecule has 0 fully saturated rings. The summed E-state index contributed by atoms with van der Waals surface area (Å²) in [7, 11) is 0. The predicted octanol–water partition coefficient (Wildman–Crippen LogP) is 2.98. The molecule has 1 unspecified atom stereocenters. The van der Waals surface area contributed by atoms with Gasteiger partial charge in [-0.05, 0) is 45.0 Å². The quantitative estimate of drug-likeness (QED) is 0.542. The van der Waals surface area contributed by atoms with Gasteiger partial charge in [0.1, 0.15) is 5.82 Å². The summed E-state index contributed by atoms with van der Waals surface area (Å²) in [4.78, 5) is 43.8. The lowest BCUT2D eigenvalue weighted by Crippen LogP contribution is -2.30. The van der Waals surface area contributed by atoms with Crippen LogP contribution >= 0.6 is 0 Å². The van der Waals surface area contributed by atoms with Crippen molar-refractivity contribution in [2.45, 2.75) is 26.9 Å². The third-order valence-electron chi connectivity index (χ3n) is 4.63. The molecule has 0 radical (unpaired) electrons. The number of aromatic amines is 1. The number of nitrogens with two attached hydrogens (primary N) is 1. The molecule has 8 nitrogen and oxygen atoms in total. The summed E-state index contributed by atoms with van der Waals surface area (Å²) in [6.45, 7) is 5.30. The number of aromatic nitrogens is 2. The Morgan fingerprint density at radius 2 is 1.73 bits per heavy atom. The highest BCUT2D eigenvalue weighted by molar-refractivity contribution is 6.04. The molecule has 1 aromatic heterocycles. The zero-order valence-corrected chi connectivity index (χ0v) is 16.9. The summed E-state index contributed by atoms with van der Waals surface area (Å²) in [5.74, 6) is -1.17. The fraction of sp³-hybridized carbons (Fsp3) is 0.182. The highest BCUT2D eigenvalue weighted by atomic mass is 16.5. The number of nitrogens with one attached hydrogen (secondary N) is 2. The summed E-state index contributed by atoms with van der Waals surface area (Å²) >= 11 is 0. The van der Waals surface area contributed by atoms with Gasteiger partial charge in [-0.25, -0.2) is 9.78 Å². The van der Waals surface area contributed by atoms with Crippen molar-refractivity contribution >= 4 is 23.5 Å². The second kappa shape index (κ2) is 8.60. The first kappa shape index (κ1) is 20.8. The van der Waals surface area contributed by atoms with Crippen molar-refractivity contribution in [3.63, 3.8) is 0 Å². The van der Waals surface area contributed by atoms with Crippen molar-refractivity contribution < 1.29 is 19.1 Å². The Morgan fingerprint density at radius 3 is 2.33 bits per heavy atom. The Hall–Kier alpha value is -3.94. The van der Waals surface area contributed by atoms with Crippen molar-refractivity contribution in [1.29, 1.82) is 0 Å². The van der Waals surface area contributed by atoms with Gasteiger partial charge in [0.15, 0.2) is 6.10 Å². The maximum atomic E-state index is 12.4. The average molecular weight is 406 g/mol. The summed E-state index contributed by atoms with van der Waals surface area (Å²) < 4.78 is 5.25. The number of carbonyl (C=O) groups is 3. The first-order valence-corrected chi connectivity index (χ1v) is 9.30. The molecule has 0 bridgehead atoms. The van der Waals surface area contributed by atoms with E-state index in [-0.39, 0.29) is 11.3 Å². The van der Waals surface area contributed by atoms with Crippen LogP contribution in [-0.2, 0) is 9.53 Å². The molecule has 30 heavy (non-hydrogen) atoms. The molecule has 2 amide bonds. The summed E-state index contributed by atoms with van der Waals surface area (Å²) in [5.41, 5.74) is 8.75. The van der Waals surface area contributed by atoms with E-state index in [9.17, 15) is 14.4 Å². The van der Waals surface area contributed by atoms with Crippen LogP contribution in [0.1, 0.15) is 39.0 Å². The number of primary amides is 1. The zero-order chi connectivity index (χ0) is 21.8. The number of rotatable bonds is 6. The minimum atomic E-state index is -1.08. The number of nitrogens with zero attached hydrogens (tertiary/aromatic N) is 1. The maximum absolute atomic E-state index is 12.4. The molecule has 2 aromatic carbocycles. The molecule has 8 heteroatoms. The SMILES string of the molecule is Cc1nc(-c2ccc(C(=O)OC(C)C(=O)Nc3ccccc3C(N)=O)cc2)[nH]c1C. The maximum Gasteiger partial charge on any atom is 0.338 e. The van der Waals surface area contributed by atoms with Crippen molar-refractivity contribution in [2.24, 2.45) is 5.73 Å². The van der Waals surface area contributed by atoms with Crippen LogP contribution in [0.4, 0.5) is 5.69 Å². The van der Waals surface area contributed by atoms with Gasteiger partial charge in [0.05, 0.1) is 22.5 Å². The van der Waals surface area contributed by atoms with Gasteiger partial charge >= 0.3 is 5.97 Å². The Kier molecular flexibility index (Phi) is 5.96. The summed E-state index contributed by atoms with van der Waals surface area (Å²) in [5, 5.41) is 2.56. The van der Waals surface area contributed by atoms with E-state index in [2.05, 4.69) is 15.3 Å². The van der Waals surface area contributed by atoms with E-state index in [1.165, 1.54) is 13.0 Å². The predicted molar refractivity (Wildman–Crippen MR) is 112 cm³/mol. The number of carbonyl (C=O) groups excluding carboxylic acids is 3. The minimum absolute atomic E-state index is 0.170. The number of H-pyrrole nitrogens is 1. The lowest BCUT2D eigenvalue weighted by molar-refractivity contribution is -0.123. The zero-order valence-electron chi connectivity index (χ0n) is 16.9. The molecule has 3 aromatic rings. The van der Waals surface area contributed by atoms with Gasteiger partial charge in [-0.15, -0.1) is 0 Å². The molecule has 154 valence electrons. The second-order valence-electron chi connectivity index (χ2n) is 6.82. The number of amides is 2. The Bertz CT molecular complexity index is 1080. The van der Waals surface area contributed by atoms with Crippen molar-refractivity contribution in [3.8, 4) is 11.4 Å². The number of para-hydroxylation sites is 1. The molecule has 3 rings (SSSR count). The first-order valence-electron chi connectivity index (χ1n) is 9.30. The fourth-order valence-electron chi connectivity index (χ4n) is 2.77. The molecule has 1 heterocycles. The Labute approximate surface area is 173 Å². The average Bonchev–Trinajstić information content (AvgIpc) is 3.06. The largest absolute Gasteiger partial charge is 0.449 e. The molecular formula is C22H22N4O4. The van der Waals surface area contributed by atoms with Gasteiger partial charge in [-0.2, -0.15) is 0 Å². The highest BCUT2D eigenvalue weighted by Gasteiger charge is 2.21. The van der Waals surface area contributed by atoms with Crippen LogP contribution in [0.5, 0.6) is 0 Å². The molecule has 0 aliphatic rings. The highest BCUT2D eigenvalue weighted by Crippen LogP contribution is 2.19. The van der Waals surface area contributed by atoms with Crippen molar-refractivity contribution in [2.75, 3.05) is 5.32 Å². The Morgan fingerprint density at radius 1 is 1.07 bits per heavy atom. The lowest BCUT2D eigenvalue weighted by Gasteiger charge is -2.15. The number of aryl methyl sites for hydroxylation is 2. The van der Waals surface area contributed by atoms with Gasteiger partial charge in [0, 0.05) is 11.3 Å². The lowest BCUT2D eigenvalue weighted by atomic mass is 10.1. The monoisotopic (exact) mass is 406 g/mol. The number of esters is 1. The van der Waals surface area contributed by atoms with E-state index >= 15 is 0 Å². The second-order valence-corrected chi connectivity index (χ2v) is 6.82. The summed E-state index contributed by atoms with van der Waals surface area (Å²) in [6.07, 6.45) is -1.08. The number of benzene rings is 2. The molecule has 4 N–H and O–H groups in total. The van der Waals surface area contributed by atoms with Crippen molar-refractivity contribution in [3.05, 3.63) is 71.0 Å². The van der Waals surface area contributed by atoms with Gasteiger partial charge in [-0.3, -0.25) is 9.59 Å². The van der Waals surface area contributed by atoms with Gasteiger partial charge in [0.25, 0.3) is 11.8 Å². The minimum Gasteiger partial charge on any atom is -0.449 e. The number of hydrogen-bond acceptors (Lipinski definition) is 5. The number of hydrogen-bond donors (Lipinski definition) is 3. The molecule has 0 spiro atoms. The van der Waals surface area contributed by atoms with Crippen LogP contribution in [0, 0.1) is 13.8 Å². The topological polar surface area (TPSA) is 127 Å². The van der Waals surface area contributed by atoms with E-state index in [1.807, 2.05) is 13.8 Å². The van der Waals surface area contributed by atoms with Crippen LogP contribution in [0.3, 0.4) is 0 Å². The normalized spacial score (nSPS) is 11.6.